The quantitative estimate of drug-likeness (QED) is 0.844. The van der Waals surface area contributed by atoms with Gasteiger partial charge < -0.3 is 10.5 Å². The molecule has 0 radical (unpaired) electrons. The molecule has 0 heterocycles. The summed E-state index contributed by atoms with van der Waals surface area (Å²) in [4.78, 5) is 0. The van der Waals surface area contributed by atoms with E-state index in [0.717, 1.165) is 0 Å². The van der Waals surface area contributed by atoms with Gasteiger partial charge in [-0.25, -0.2) is 0 Å². The van der Waals surface area contributed by atoms with Gasteiger partial charge in [0.15, 0.2) is 0 Å². The van der Waals surface area contributed by atoms with Gasteiger partial charge in [-0.3, -0.25) is 0 Å². The van der Waals surface area contributed by atoms with Crippen LogP contribution in [0.5, 0.6) is 5.75 Å². The summed E-state index contributed by atoms with van der Waals surface area (Å²) in [7, 11) is 0. The summed E-state index contributed by atoms with van der Waals surface area (Å²) in [6, 6.07) is 6.10. The third-order valence-electron chi connectivity index (χ3n) is 1.85. The summed E-state index contributed by atoms with van der Waals surface area (Å²) in [6.07, 6.45) is -3.51. The van der Waals surface area contributed by atoms with E-state index in [1.54, 1.807) is 12.1 Å². The molecule has 0 aliphatic heterocycles. The van der Waals surface area contributed by atoms with Crippen LogP contribution in [0.3, 0.4) is 0 Å². The third kappa shape index (κ3) is 4.20. The normalized spacial score (nSPS) is 11.5. The van der Waals surface area contributed by atoms with Crippen LogP contribution < -0.4 is 10.5 Å². The molecule has 1 aromatic carbocycles. The molecule has 0 aliphatic rings. The van der Waals surface area contributed by atoms with Gasteiger partial charge in [0.05, 0.1) is 0 Å². The van der Waals surface area contributed by atoms with Gasteiger partial charge in [0.25, 0.3) is 0 Å². The van der Waals surface area contributed by atoms with Crippen molar-refractivity contribution < 1.29 is 17.9 Å². The van der Waals surface area contributed by atoms with E-state index in [0.29, 0.717) is 24.9 Å². The van der Waals surface area contributed by atoms with Crippen molar-refractivity contribution in [1.82, 2.24) is 0 Å². The molecule has 0 saturated carbocycles. The van der Waals surface area contributed by atoms with E-state index < -0.39 is 6.36 Å². The highest BCUT2D eigenvalue weighted by Crippen LogP contribution is 2.26. The first-order chi connectivity index (χ1) is 7.03. The van der Waals surface area contributed by atoms with E-state index in [1.165, 1.54) is 12.1 Å². The Morgan fingerprint density at radius 1 is 1.20 bits per heavy atom. The topological polar surface area (TPSA) is 35.2 Å². The van der Waals surface area contributed by atoms with Crippen molar-refractivity contribution in [3.05, 3.63) is 29.8 Å². The molecule has 0 fully saturated rings. The van der Waals surface area contributed by atoms with Crippen LogP contribution in [0, 0.1) is 0 Å². The number of aryl methyl sites for hydroxylation is 1. The molecule has 0 aliphatic carbocycles. The molecule has 2 nitrogen and oxygen atoms in total. The molecule has 15 heavy (non-hydrogen) atoms. The molecule has 0 saturated heterocycles. The number of ether oxygens (including phenoxy) is 1. The Morgan fingerprint density at radius 2 is 1.87 bits per heavy atom. The molecular formula is C10H12F3NO. The minimum Gasteiger partial charge on any atom is -0.406 e. The zero-order chi connectivity index (χ0) is 11.3. The van der Waals surface area contributed by atoms with Crippen LogP contribution in [-0.4, -0.2) is 12.9 Å². The molecule has 5 heteroatoms. The predicted octanol–water partition coefficient (Wildman–Crippen LogP) is 2.48. The Labute approximate surface area is 85.8 Å². The number of rotatable bonds is 4. The Balaban J connectivity index is 2.77. The fourth-order valence-corrected chi connectivity index (χ4v) is 1.23. The summed E-state index contributed by atoms with van der Waals surface area (Å²) < 4.78 is 39.9. The van der Waals surface area contributed by atoms with Crippen molar-refractivity contribution in [2.45, 2.75) is 19.2 Å². The zero-order valence-corrected chi connectivity index (χ0v) is 8.05. The van der Waals surface area contributed by atoms with Gasteiger partial charge in [-0.05, 0) is 31.0 Å². The smallest absolute Gasteiger partial charge is 0.406 e. The van der Waals surface area contributed by atoms with Gasteiger partial charge >= 0.3 is 6.36 Å². The molecule has 0 bridgehead atoms. The number of para-hydroxylation sites is 1. The van der Waals surface area contributed by atoms with Gasteiger partial charge in [-0.15, -0.1) is 13.2 Å². The van der Waals surface area contributed by atoms with Crippen LogP contribution >= 0.6 is 0 Å². The van der Waals surface area contributed by atoms with Crippen LogP contribution in [0.15, 0.2) is 24.3 Å². The van der Waals surface area contributed by atoms with Gasteiger partial charge in [-0.1, -0.05) is 18.2 Å². The number of hydrogen-bond donors (Lipinski definition) is 1. The lowest BCUT2D eigenvalue weighted by Gasteiger charge is -2.12. The standard InChI is InChI=1S/C10H12F3NO/c11-10(12,13)15-9-6-2-1-4-8(9)5-3-7-14/h1-2,4,6H,3,5,7,14H2. The summed E-state index contributed by atoms with van der Waals surface area (Å²) in [6.45, 7) is 0.445. The van der Waals surface area contributed by atoms with Gasteiger partial charge in [0.2, 0.25) is 0 Å². The van der Waals surface area contributed by atoms with Gasteiger partial charge in [0.1, 0.15) is 5.75 Å². The maximum absolute atomic E-state index is 12.0. The first-order valence-electron chi connectivity index (χ1n) is 4.56. The fourth-order valence-electron chi connectivity index (χ4n) is 1.23. The number of nitrogens with two attached hydrogens (primary N) is 1. The van der Waals surface area contributed by atoms with E-state index >= 15 is 0 Å². The number of alkyl halides is 3. The highest BCUT2D eigenvalue weighted by molar-refractivity contribution is 5.33. The van der Waals surface area contributed by atoms with Crippen LogP contribution in [0.25, 0.3) is 0 Å². The summed E-state index contributed by atoms with van der Waals surface area (Å²) in [5.41, 5.74) is 5.82. The summed E-state index contributed by atoms with van der Waals surface area (Å²) >= 11 is 0. The maximum Gasteiger partial charge on any atom is 0.573 e. The van der Waals surface area contributed by atoms with Crippen molar-refractivity contribution in [2.24, 2.45) is 5.73 Å². The van der Waals surface area contributed by atoms with E-state index in [-0.39, 0.29) is 5.75 Å². The lowest BCUT2D eigenvalue weighted by atomic mass is 10.1. The lowest BCUT2D eigenvalue weighted by Crippen LogP contribution is -2.18. The van der Waals surface area contributed by atoms with Crippen molar-refractivity contribution in [2.75, 3.05) is 6.54 Å². The van der Waals surface area contributed by atoms with Crippen molar-refractivity contribution in [3.8, 4) is 5.75 Å². The minimum atomic E-state index is -4.64. The fraction of sp³-hybridized carbons (Fsp3) is 0.400. The maximum atomic E-state index is 12.0. The molecule has 0 unspecified atom stereocenters. The van der Waals surface area contributed by atoms with Gasteiger partial charge in [-0.2, -0.15) is 0 Å². The minimum absolute atomic E-state index is 0.140. The average Bonchev–Trinajstić information content (AvgIpc) is 2.14. The van der Waals surface area contributed by atoms with E-state index in [1.807, 2.05) is 0 Å². The summed E-state index contributed by atoms with van der Waals surface area (Å²) in [5, 5.41) is 0. The van der Waals surface area contributed by atoms with E-state index in [4.69, 9.17) is 5.73 Å². The first kappa shape index (κ1) is 11.8. The molecule has 0 spiro atoms. The highest BCUT2D eigenvalue weighted by Gasteiger charge is 2.31. The van der Waals surface area contributed by atoms with E-state index in [2.05, 4.69) is 4.74 Å². The molecule has 1 aromatic rings. The molecule has 0 atom stereocenters. The van der Waals surface area contributed by atoms with Crippen LogP contribution in [0.4, 0.5) is 13.2 Å². The monoisotopic (exact) mass is 219 g/mol. The Kier molecular flexibility index (Phi) is 3.96. The molecule has 2 N–H and O–H groups in total. The second-order valence-electron chi connectivity index (χ2n) is 3.05. The molecule has 0 amide bonds. The lowest BCUT2D eigenvalue weighted by molar-refractivity contribution is -0.274. The van der Waals surface area contributed by atoms with Crippen LogP contribution in [-0.2, 0) is 6.42 Å². The molecule has 0 aromatic heterocycles. The number of hydrogen-bond acceptors (Lipinski definition) is 2. The molecule has 84 valence electrons. The van der Waals surface area contributed by atoms with Crippen LogP contribution in [0.1, 0.15) is 12.0 Å². The van der Waals surface area contributed by atoms with E-state index in [9.17, 15) is 13.2 Å². The van der Waals surface area contributed by atoms with Crippen molar-refractivity contribution in [3.63, 3.8) is 0 Å². The molecular weight excluding hydrogens is 207 g/mol. The average molecular weight is 219 g/mol. The molecule has 1 rings (SSSR count). The highest BCUT2D eigenvalue weighted by atomic mass is 19.4. The predicted molar refractivity (Wildman–Crippen MR) is 50.5 cm³/mol. The zero-order valence-electron chi connectivity index (χ0n) is 8.05. The SMILES string of the molecule is NCCCc1ccccc1OC(F)(F)F. The largest absolute Gasteiger partial charge is 0.573 e. The Morgan fingerprint density at radius 3 is 2.47 bits per heavy atom. The number of benzene rings is 1. The first-order valence-corrected chi connectivity index (χ1v) is 4.56. The second kappa shape index (κ2) is 5.02. The van der Waals surface area contributed by atoms with Crippen molar-refractivity contribution >= 4 is 0 Å². The van der Waals surface area contributed by atoms with Gasteiger partial charge in [0, 0.05) is 0 Å². The second-order valence-corrected chi connectivity index (χ2v) is 3.05. The third-order valence-corrected chi connectivity index (χ3v) is 1.85. The number of halogens is 3. The van der Waals surface area contributed by atoms with Crippen molar-refractivity contribution in [1.29, 1.82) is 0 Å². The summed E-state index contributed by atoms with van der Waals surface area (Å²) in [5.74, 6) is -0.140. The Bertz CT molecular complexity index is 312. The Hall–Kier alpha value is -1.23. The van der Waals surface area contributed by atoms with Crippen LogP contribution in [0.2, 0.25) is 0 Å².